The van der Waals surface area contributed by atoms with E-state index in [1.54, 1.807) is 18.4 Å². The van der Waals surface area contributed by atoms with Gasteiger partial charge >= 0.3 is 0 Å². The van der Waals surface area contributed by atoms with Crippen LogP contribution in [0.5, 0.6) is 5.75 Å². The number of carbonyl (C=O) groups is 1. The lowest BCUT2D eigenvalue weighted by atomic mass is 9.73. The molecule has 2 rings (SSSR count). The molecule has 0 amide bonds. The van der Waals surface area contributed by atoms with Gasteiger partial charge in [-0.1, -0.05) is 93.0 Å². The normalized spacial score (nSPS) is 16.6. The summed E-state index contributed by atoms with van der Waals surface area (Å²) in [7, 11) is -2.75. The number of ether oxygens (including phenoxy) is 2. The second kappa shape index (κ2) is 21.5. The number of nitrogens with zero attached hydrogens (tertiary/aromatic N) is 1. The van der Waals surface area contributed by atoms with Crippen LogP contribution in [0.4, 0.5) is 0 Å². The number of ketones is 1. The molecule has 10 heteroatoms. The van der Waals surface area contributed by atoms with E-state index in [-0.39, 0.29) is 52.6 Å². The largest absolute Gasteiger partial charge is 0.497 e. The number of rotatable bonds is 23. The number of allylic oxidation sites excluding steroid dienone is 1. The number of aromatic nitrogens is 1. The van der Waals surface area contributed by atoms with E-state index in [9.17, 15) is 9.90 Å². The third kappa shape index (κ3) is 15.2. The van der Waals surface area contributed by atoms with E-state index in [1.165, 1.54) is 5.57 Å². The van der Waals surface area contributed by atoms with Crippen molar-refractivity contribution in [3.8, 4) is 5.75 Å². The molecule has 0 radical (unpaired) electrons. The molecule has 0 spiro atoms. The number of aryl methyl sites for hydroxylation is 1. The monoisotopic (exact) mass is 844 g/mol. The van der Waals surface area contributed by atoms with Crippen LogP contribution in [0, 0.1) is 24.2 Å². The number of hydrogen-bond donors (Lipinski definition) is 1. The molecule has 0 fully saturated rings. The summed E-state index contributed by atoms with van der Waals surface area (Å²) in [4.78, 5) is 19.4. The maximum absolute atomic E-state index is 14.7. The van der Waals surface area contributed by atoms with Gasteiger partial charge in [0.15, 0.2) is 16.6 Å². The van der Waals surface area contributed by atoms with E-state index < -0.39 is 22.0 Å². The predicted molar refractivity (Wildman–Crippen MR) is 247 cm³/mol. The first-order chi connectivity index (χ1) is 26.2. The second-order valence-corrected chi connectivity index (χ2v) is 30.7. The van der Waals surface area contributed by atoms with Gasteiger partial charge in [0.25, 0.3) is 0 Å². The highest BCUT2D eigenvalue weighted by molar-refractivity contribution is 7.09. The van der Waals surface area contributed by atoms with Crippen molar-refractivity contribution in [1.29, 1.82) is 0 Å². The van der Waals surface area contributed by atoms with Crippen molar-refractivity contribution in [1.82, 2.24) is 4.98 Å². The smallest absolute Gasteiger partial charge is 0.192 e. The van der Waals surface area contributed by atoms with Gasteiger partial charge in [0.1, 0.15) is 11.5 Å². The zero-order valence-corrected chi connectivity index (χ0v) is 42.0. The fourth-order valence-corrected chi connectivity index (χ4v) is 10.2. The van der Waals surface area contributed by atoms with E-state index in [4.69, 9.17) is 18.3 Å². The number of hydrogen-bond acceptors (Lipinski definition) is 8. The third-order valence-electron chi connectivity index (χ3n) is 12.8. The molecule has 5 atom stereocenters. The van der Waals surface area contributed by atoms with Gasteiger partial charge in [-0.3, -0.25) is 4.79 Å². The molecule has 1 N–H and O–H groups in total. The van der Waals surface area contributed by atoms with Gasteiger partial charge in [-0.05, 0) is 124 Å². The summed E-state index contributed by atoms with van der Waals surface area (Å²) >= 11 is 1.66. The quantitative estimate of drug-likeness (QED) is 0.0880. The van der Waals surface area contributed by atoms with Crippen LogP contribution in [-0.2, 0) is 25.0 Å². The Kier molecular flexibility index (Phi) is 19.4. The van der Waals surface area contributed by atoms with E-state index in [0.29, 0.717) is 13.0 Å². The average molecular weight is 844 g/mol. The minimum Gasteiger partial charge on any atom is -0.497 e. The number of benzene rings is 1. The summed E-state index contributed by atoms with van der Waals surface area (Å²) in [5.74, 6) is 0.832. The summed E-state index contributed by atoms with van der Waals surface area (Å²) in [5.41, 5.74) is 3.77. The standard InChI is InChI=1S/C47H81NO6SSi2/c1-33(22-27-41(35(3)30-39-32-55-37(5)48-39)52-31-38-23-25-40(51-14)26-24-38)20-19-21-34(2)43(54-57(17,18)46(9,10)11)36(4)44(50)47(12,13)42(28-29-49)53-56(15,16)45(6,7)8/h22-26,30,32,34,36,41-43,49H,19-21,27-29,31H2,1-18H3/b33-22-,35-30+/t34-,36+,41-,42-,43-/m0/s1. The Bertz CT molecular complexity index is 1600. The number of carbonyl (C=O) groups excluding carboxylic acids is 1. The molecule has 1 aromatic heterocycles. The molecule has 0 saturated carbocycles. The van der Waals surface area contributed by atoms with Gasteiger partial charge in [0.05, 0.1) is 42.7 Å². The Morgan fingerprint density at radius 1 is 0.912 bits per heavy atom. The van der Waals surface area contributed by atoms with Crippen LogP contribution < -0.4 is 4.74 Å². The van der Waals surface area contributed by atoms with Crippen LogP contribution in [-0.4, -0.2) is 64.5 Å². The number of aliphatic hydroxyl groups is 1. The van der Waals surface area contributed by atoms with Crippen LogP contribution >= 0.6 is 11.3 Å². The SMILES string of the molecule is COc1ccc(CO[C@@H](C/C=C(/C)CCC[C@H](C)[C@H](O[Si](C)(C)C(C)(C)C)[C@@H](C)C(=O)C(C)(C)[C@H](CCO)O[Si](C)(C)C(C)(C)C)/C(C)=C/c2csc(C)n2)cc1. The van der Waals surface area contributed by atoms with Crippen molar-refractivity contribution in [3.63, 3.8) is 0 Å². The van der Waals surface area contributed by atoms with Crippen LogP contribution in [0.15, 0.2) is 46.9 Å². The molecule has 0 unspecified atom stereocenters. The Labute approximate surface area is 354 Å². The van der Waals surface area contributed by atoms with Crippen molar-refractivity contribution in [2.75, 3.05) is 13.7 Å². The average Bonchev–Trinajstić information content (AvgIpc) is 3.52. The third-order valence-corrected chi connectivity index (χ3v) is 22.6. The summed E-state index contributed by atoms with van der Waals surface area (Å²) in [6.45, 7) is 37.7. The van der Waals surface area contributed by atoms with Crippen molar-refractivity contribution in [3.05, 3.63) is 63.1 Å². The maximum Gasteiger partial charge on any atom is 0.192 e. The molecule has 57 heavy (non-hydrogen) atoms. The van der Waals surface area contributed by atoms with Gasteiger partial charge in [0, 0.05) is 23.3 Å². The molecule has 7 nitrogen and oxygen atoms in total. The highest BCUT2D eigenvalue weighted by Crippen LogP contribution is 2.44. The van der Waals surface area contributed by atoms with Crippen molar-refractivity contribution < 1.29 is 28.2 Å². The molecule has 324 valence electrons. The highest BCUT2D eigenvalue weighted by Gasteiger charge is 2.49. The van der Waals surface area contributed by atoms with Gasteiger partial charge in [0.2, 0.25) is 0 Å². The molecule has 0 bridgehead atoms. The second-order valence-electron chi connectivity index (χ2n) is 20.1. The number of thiazole rings is 1. The van der Waals surface area contributed by atoms with Crippen LogP contribution in [0.1, 0.15) is 131 Å². The molecule has 1 heterocycles. The van der Waals surface area contributed by atoms with Crippen molar-refractivity contribution >= 4 is 39.8 Å². The number of Topliss-reactive ketones (excluding diaryl/α,β-unsaturated/α-hetero) is 1. The maximum atomic E-state index is 14.7. The van der Waals surface area contributed by atoms with E-state index in [2.05, 4.69) is 130 Å². The van der Waals surface area contributed by atoms with Crippen molar-refractivity contribution in [2.24, 2.45) is 17.3 Å². The fraction of sp³-hybridized carbons (Fsp3) is 0.702. The predicted octanol–water partition coefficient (Wildman–Crippen LogP) is 13.0. The lowest BCUT2D eigenvalue weighted by Gasteiger charge is -2.46. The lowest BCUT2D eigenvalue weighted by Crippen LogP contribution is -2.54. The van der Waals surface area contributed by atoms with E-state index in [1.807, 2.05) is 32.9 Å². The zero-order chi connectivity index (χ0) is 43.6. The molecule has 0 saturated heterocycles. The van der Waals surface area contributed by atoms with Crippen LogP contribution in [0.3, 0.4) is 0 Å². The van der Waals surface area contributed by atoms with E-state index in [0.717, 1.165) is 53.3 Å². The zero-order valence-electron chi connectivity index (χ0n) is 39.2. The van der Waals surface area contributed by atoms with Gasteiger partial charge in [-0.2, -0.15) is 0 Å². The number of methoxy groups -OCH3 is 1. The molecular formula is C47H81NO6SSi2. The van der Waals surface area contributed by atoms with Gasteiger partial charge < -0.3 is 23.4 Å². The first kappa shape index (κ1) is 51.2. The fourth-order valence-electron chi connectivity index (χ4n) is 6.69. The Morgan fingerprint density at radius 2 is 1.49 bits per heavy atom. The molecule has 0 aliphatic heterocycles. The Balaban J connectivity index is 2.28. The van der Waals surface area contributed by atoms with Gasteiger partial charge in [-0.15, -0.1) is 11.3 Å². The Morgan fingerprint density at radius 3 is 2.00 bits per heavy atom. The highest BCUT2D eigenvalue weighted by atomic mass is 32.1. The summed E-state index contributed by atoms with van der Waals surface area (Å²) in [6, 6.07) is 8.04. The first-order valence-electron chi connectivity index (χ1n) is 21.2. The first-order valence-corrected chi connectivity index (χ1v) is 27.9. The molecular weight excluding hydrogens is 763 g/mol. The minimum atomic E-state index is -2.22. The van der Waals surface area contributed by atoms with E-state index >= 15 is 0 Å². The summed E-state index contributed by atoms with van der Waals surface area (Å²) in [5, 5.41) is 13.3. The molecule has 0 aliphatic carbocycles. The molecule has 1 aromatic carbocycles. The van der Waals surface area contributed by atoms with Gasteiger partial charge in [-0.25, -0.2) is 4.98 Å². The molecule has 0 aliphatic rings. The van der Waals surface area contributed by atoms with Crippen molar-refractivity contribution in [2.45, 2.75) is 183 Å². The summed E-state index contributed by atoms with van der Waals surface area (Å²) < 4.78 is 26.0. The minimum absolute atomic E-state index is 0.00430. The molecule has 2 aromatic rings. The lowest BCUT2D eigenvalue weighted by molar-refractivity contribution is -0.141. The Hall–Kier alpha value is -1.93. The van der Waals surface area contributed by atoms with Crippen LogP contribution in [0.2, 0.25) is 36.3 Å². The summed E-state index contributed by atoms with van der Waals surface area (Å²) in [6.07, 6.45) is 7.90. The topological polar surface area (TPSA) is 87.1 Å². The number of aliphatic hydroxyl groups excluding tert-OH is 1. The van der Waals surface area contributed by atoms with Crippen LogP contribution in [0.25, 0.3) is 6.08 Å².